The van der Waals surface area contributed by atoms with Crippen LogP contribution < -0.4 is 10.7 Å². The highest BCUT2D eigenvalue weighted by Gasteiger charge is 2.15. The van der Waals surface area contributed by atoms with E-state index in [1.807, 2.05) is 55.5 Å². The number of aryl methyl sites for hydroxylation is 1. The number of carbonyl (C=O) groups excluding carboxylic acids is 1. The van der Waals surface area contributed by atoms with Crippen LogP contribution in [0, 0.1) is 6.92 Å². The fraction of sp³-hybridized carbons (Fsp3) is 0.185. The lowest BCUT2D eigenvalue weighted by Gasteiger charge is -2.19. The maximum absolute atomic E-state index is 12.7. The SMILES string of the molecule is Cc1cccc(-c2cc(=O)c3cc(NC(=O)c4ccc(C(C)(C)C)cc4)ccc3o2)c1. The molecule has 0 fully saturated rings. The van der Waals surface area contributed by atoms with Crippen LogP contribution in [0.2, 0.25) is 0 Å². The van der Waals surface area contributed by atoms with Gasteiger partial charge in [-0.25, -0.2) is 0 Å². The summed E-state index contributed by atoms with van der Waals surface area (Å²) in [6.07, 6.45) is 0. The van der Waals surface area contributed by atoms with Crippen molar-refractivity contribution in [3.63, 3.8) is 0 Å². The Bertz CT molecular complexity index is 1330. The van der Waals surface area contributed by atoms with Gasteiger partial charge in [0.15, 0.2) is 5.43 Å². The van der Waals surface area contributed by atoms with Gasteiger partial charge >= 0.3 is 0 Å². The van der Waals surface area contributed by atoms with Gasteiger partial charge in [0.25, 0.3) is 5.91 Å². The van der Waals surface area contributed by atoms with Crippen LogP contribution in [-0.4, -0.2) is 5.91 Å². The maximum Gasteiger partial charge on any atom is 0.255 e. The third-order valence-corrected chi connectivity index (χ3v) is 5.30. The van der Waals surface area contributed by atoms with Crippen molar-refractivity contribution in [2.24, 2.45) is 0 Å². The first kappa shape index (κ1) is 20.6. The molecule has 0 saturated carbocycles. The minimum atomic E-state index is -0.222. The number of hydrogen-bond donors (Lipinski definition) is 1. The molecule has 1 aromatic heterocycles. The molecule has 4 aromatic rings. The fourth-order valence-electron chi connectivity index (χ4n) is 3.50. The Morgan fingerprint density at radius 1 is 0.903 bits per heavy atom. The van der Waals surface area contributed by atoms with Crippen LogP contribution in [-0.2, 0) is 5.41 Å². The van der Waals surface area contributed by atoms with Gasteiger partial charge in [-0.2, -0.15) is 0 Å². The Kier molecular flexibility index (Phi) is 5.24. The average Bonchev–Trinajstić information content (AvgIpc) is 2.73. The van der Waals surface area contributed by atoms with Gasteiger partial charge in [-0.1, -0.05) is 56.7 Å². The molecule has 0 atom stereocenters. The normalized spacial score (nSPS) is 11.5. The first-order chi connectivity index (χ1) is 14.7. The smallest absolute Gasteiger partial charge is 0.255 e. The third-order valence-electron chi connectivity index (χ3n) is 5.30. The summed E-state index contributed by atoms with van der Waals surface area (Å²) in [5, 5.41) is 3.30. The van der Waals surface area contributed by atoms with E-state index in [9.17, 15) is 9.59 Å². The molecule has 0 unspecified atom stereocenters. The summed E-state index contributed by atoms with van der Waals surface area (Å²) in [5.74, 6) is 0.303. The molecule has 31 heavy (non-hydrogen) atoms. The quantitative estimate of drug-likeness (QED) is 0.429. The molecule has 1 N–H and O–H groups in total. The average molecular weight is 412 g/mol. The number of fused-ring (bicyclic) bond motifs is 1. The monoisotopic (exact) mass is 411 g/mol. The number of carbonyl (C=O) groups is 1. The largest absolute Gasteiger partial charge is 0.456 e. The van der Waals surface area contributed by atoms with E-state index in [1.54, 1.807) is 18.2 Å². The van der Waals surface area contributed by atoms with Gasteiger partial charge in [-0.3, -0.25) is 9.59 Å². The van der Waals surface area contributed by atoms with Gasteiger partial charge in [-0.05, 0) is 54.3 Å². The zero-order chi connectivity index (χ0) is 22.2. The predicted molar refractivity (Wildman–Crippen MR) is 126 cm³/mol. The summed E-state index contributed by atoms with van der Waals surface area (Å²) < 4.78 is 5.96. The first-order valence-corrected chi connectivity index (χ1v) is 10.3. The Balaban J connectivity index is 1.61. The Morgan fingerprint density at radius 2 is 1.65 bits per heavy atom. The molecule has 0 aliphatic carbocycles. The van der Waals surface area contributed by atoms with E-state index in [0.29, 0.717) is 28.0 Å². The maximum atomic E-state index is 12.7. The Labute approximate surface area is 181 Å². The van der Waals surface area contributed by atoms with E-state index >= 15 is 0 Å². The van der Waals surface area contributed by atoms with Gasteiger partial charge in [0, 0.05) is 22.9 Å². The van der Waals surface area contributed by atoms with E-state index in [1.165, 1.54) is 6.07 Å². The topological polar surface area (TPSA) is 59.3 Å². The van der Waals surface area contributed by atoms with E-state index in [4.69, 9.17) is 4.42 Å². The summed E-state index contributed by atoms with van der Waals surface area (Å²) in [5.41, 5.74) is 4.59. The van der Waals surface area contributed by atoms with E-state index < -0.39 is 0 Å². The van der Waals surface area contributed by atoms with Crippen molar-refractivity contribution in [3.8, 4) is 11.3 Å². The Morgan fingerprint density at radius 3 is 2.32 bits per heavy atom. The second-order valence-corrected chi connectivity index (χ2v) is 8.84. The highest BCUT2D eigenvalue weighted by atomic mass is 16.3. The minimum Gasteiger partial charge on any atom is -0.456 e. The summed E-state index contributed by atoms with van der Waals surface area (Å²) in [6, 6.07) is 22.0. The van der Waals surface area contributed by atoms with Crippen LogP contribution in [0.25, 0.3) is 22.3 Å². The van der Waals surface area contributed by atoms with Crippen molar-refractivity contribution < 1.29 is 9.21 Å². The van der Waals surface area contributed by atoms with Crippen molar-refractivity contribution in [1.82, 2.24) is 0 Å². The molecule has 0 spiro atoms. The molecule has 0 saturated heterocycles. The van der Waals surface area contributed by atoms with E-state index in [-0.39, 0.29) is 16.8 Å². The molecule has 4 nitrogen and oxygen atoms in total. The van der Waals surface area contributed by atoms with Gasteiger partial charge < -0.3 is 9.73 Å². The number of amides is 1. The molecule has 0 bridgehead atoms. The third kappa shape index (κ3) is 4.43. The molecule has 4 rings (SSSR count). The lowest BCUT2D eigenvalue weighted by molar-refractivity contribution is 0.102. The Hall–Kier alpha value is -3.66. The number of anilines is 1. The van der Waals surface area contributed by atoms with Gasteiger partial charge in [-0.15, -0.1) is 0 Å². The zero-order valence-electron chi connectivity index (χ0n) is 18.2. The van der Waals surface area contributed by atoms with Crippen LogP contribution in [0.3, 0.4) is 0 Å². The van der Waals surface area contributed by atoms with Crippen LogP contribution in [0.4, 0.5) is 5.69 Å². The number of hydrogen-bond acceptors (Lipinski definition) is 3. The van der Waals surface area contributed by atoms with Crippen molar-refractivity contribution in [3.05, 3.63) is 99.7 Å². The fourth-order valence-corrected chi connectivity index (χ4v) is 3.50. The highest BCUT2D eigenvalue weighted by molar-refractivity contribution is 6.05. The molecular weight excluding hydrogens is 386 g/mol. The molecular formula is C27H25NO3. The zero-order valence-corrected chi connectivity index (χ0v) is 18.2. The summed E-state index contributed by atoms with van der Waals surface area (Å²) in [6.45, 7) is 8.39. The number of benzene rings is 3. The lowest BCUT2D eigenvalue weighted by atomic mass is 9.87. The second kappa shape index (κ2) is 7.88. The van der Waals surface area contributed by atoms with Crippen LogP contribution >= 0.6 is 0 Å². The standard InChI is InChI=1S/C27H25NO3/c1-17-6-5-7-19(14-17)25-16-23(29)22-15-21(12-13-24(22)31-25)28-26(30)18-8-10-20(11-9-18)27(2,3)4/h5-16H,1-4H3,(H,28,30). The van der Waals surface area contributed by atoms with Gasteiger partial charge in [0.05, 0.1) is 5.39 Å². The minimum absolute atomic E-state index is 0.0265. The van der Waals surface area contributed by atoms with Gasteiger partial charge in [0.1, 0.15) is 11.3 Å². The van der Waals surface area contributed by atoms with E-state index in [2.05, 4.69) is 26.1 Å². The van der Waals surface area contributed by atoms with Crippen molar-refractivity contribution >= 4 is 22.6 Å². The van der Waals surface area contributed by atoms with Crippen molar-refractivity contribution in [2.45, 2.75) is 33.1 Å². The first-order valence-electron chi connectivity index (χ1n) is 10.3. The summed E-state index contributed by atoms with van der Waals surface area (Å²) in [7, 11) is 0. The lowest BCUT2D eigenvalue weighted by Crippen LogP contribution is -2.14. The molecule has 0 aliphatic rings. The molecule has 1 heterocycles. The molecule has 0 radical (unpaired) electrons. The molecule has 1 amide bonds. The molecule has 4 heteroatoms. The molecule has 156 valence electrons. The van der Waals surface area contributed by atoms with Gasteiger partial charge in [0.2, 0.25) is 0 Å². The molecule has 0 aliphatic heterocycles. The highest BCUT2D eigenvalue weighted by Crippen LogP contribution is 2.25. The van der Waals surface area contributed by atoms with Crippen LogP contribution in [0.15, 0.2) is 82.0 Å². The number of nitrogens with one attached hydrogen (secondary N) is 1. The predicted octanol–water partition coefficient (Wildman–Crippen LogP) is 6.32. The number of rotatable bonds is 3. The van der Waals surface area contributed by atoms with Crippen LogP contribution in [0.5, 0.6) is 0 Å². The van der Waals surface area contributed by atoms with E-state index in [0.717, 1.165) is 16.7 Å². The van der Waals surface area contributed by atoms with Crippen molar-refractivity contribution in [1.29, 1.82) is 0 Å². The molecule has 3 aromatic carbocycles. The van der Waals surface area contributed by atoms with Crippen LogP contribution in [0.1, 0.15) is 42.3 Å². The summed E-state index contributed by atoms with van der Waals surface area (Å²) >= 11 is 0. The summed E-state index contributed by atoms with van der Waals surface area (Å²) in [4.78, 5) is 25.4. The second-order valence-electron chi connectivity index (χ2n) is 8.84. The van der Waals surface area contributed by atoms with Crippen molar-refractivity contribution in [2.75, 3.05) is 5.32 Å².